The minimum atomic E-state index is -0.414. The summed E-state index contributed by atoms with van der Waals surface area (Å²) in [5, 5.41) is 2.67. The number of hydrogen-bond acceptors (Lipinski definition) is 3. The average Bonchev–Trinajstić information content (AvgIpc) is 2.39. The Morgan fingerprint density at radius 2 is 2.06 bits per heavy atom. The quantitative estimate of drug-likeness (QED) is 0.813. The van der Waals surface area contributed by atoms with Gasteiger partial charge in [0.2, 0.25) is 0 Å². The van der Waals surface area contributed by atoms with Gasteiger partial charge in [-0.3, -0.25) is 10.3 Å². The number of amides is 1. The molecule has 0 saturated heterocycles. The van der Waals surface area contributed by atoms with Gasteiger partial charge in [-0.1, -0.05) is 30.3 Å². The van der Waals surface area contributed by atoms with Crippen molar-refractivity contribution in [2.24, 2.45) is 0 Å². The van der Waals surface area contributed by atoms with Crippen LogP contribution in [-0.2, 0) is 11.3 Å². The molecular weight excluding hydrogens is 216 g/mol. The van der Waals surface area contributed by atoms with Crippen molar-refractivity contribution in [2.45, 2.75) is 6.61 Å². The van der Waals surface area contributed by atoms with E-state index in [4.69, 9.17) is 4.74 Å². The van der Waals surface area contributed by atoms with Crippen molar-refractivity contribution in [1.29, 1.82) is 0 Å². The number of hydrogen-bond donors (Lipinski definition) is 1. The maximum Gasteiger partial charge on any atom is 0.411 e. The smallest absolute Gasteiger partial charge is 0.411 e. The molecule has 0 bridgehead atoms. The van der Waals surface area contributed by atoms with Crippen LogP contribution in [0.5, 0.6) is 0 Å². The van der Waals surface area contributed by atoms with E-state index in [0.717, 1.165) is 22.5 Å². The summed E-state index contributed by atoms with van der Waals surface area (Å²) in [5.41, 5.74) is 3.53. The maximum atomic E-state index is 11.1. The number of aromatic nitrogens is 1. The van der Waals surface area contributed by atoms with E-state index in [9.17, 15) is 4.79 Å². The molecule has 0 unspecified atom stereocenters. The highest BCUT2D eigenvalue weighted by Gasteiger charge is 2.16. The van der Waals surface area contributed by atoms with Crippen LogP contribution in [0.2, 0.25) is 0 Å². The SMILES string of the molecule is O=C1Nc2cc(-c3ccccc3)ncc2CO1. The van der Waals surface area contributed by atoms with Gasteiger partial charge in [-0.15, -0.1) is 0 Å². The predicted octanol–water partition coefficient (Wildman–Crippen LogP) is 2.81. The Hall–Kier alpha value is -2.36. The van der Waals surface area contributed by atoms with Crippen molar-refractivity contribution >= 4 is 11.8 Å². The standard InChI is InChI=1S/C13H10N2O2/c16-13-15-12-6-11(9-4-2-1-3-5-9)14-7-10(12)8-17-13/h1-7H,8H2,(H,15,16). The molecule has 0 spiro atoms. The molecule has 1 aliphatic heterocycles. The third-order valence-corrected chi connectivity index (χ3v) is 2.65. The number of carbonyl (C=O) groups excluding carboxylic acids is 1. The summed E-state index contributed by atoms with van der Waals surface area (Å²) in [6.07, 6.45) is 1.32. The highest BCUT2D eigenvalue weighted by atomic mass is 16.5. The Morgan fingerprint density at radius 1 is 1.24 bits per heavy atom. The fraction of sp³-hybridized carbons (Fsp3) is 0.0769. The van der Waals surface area contributed by atoms with Crippen molar-refractivity contribution in [2.75, 3.05) is 5.32 Å². The zero-order valence-corrected chi connectivity index (χ0v) is 9.01. The Labute approximate surface area is 98.3 Å². The van der Waals surface area contributed by atoms with Crippen molar-refractivity contribution in [1.82, 2.24) is 4.98 Å². The van der Waals surface area contributed by atoms with Crippen molar-refractivity contribution in [3.63, 3.8) is 0 Å². The number of rotatable bonds is 1. The lowest BCUT2D eigenvalue weighted by Crippen LogP contribution is -2.20. The summed E-state index contributed by atoms with van der Waals surface area (Å²) < 4.78 is 4.86. The van der Waals surface area contributed by atoms with Gasteiger partial charge in [-0.05, 0) is 6.07 Å². The second-order valence-corrected chi connectivity index (χ2v) is 3.79. The number of cyclic esters (lactones) is 1. The zero-order chi connectivity index (χ0) is 11.7. The molecule has 2 heterocycles. The number of anilines is 1. The monoisotopic (exact) mass is 226 g/mol. The first-order valence-corrected chi connectivity index (χ1v) is 5.31. The molecule has 3 rings (SSSR count). The number of carbonyl (C=O) groups is 1. The minimum Gasteiger partial charge on any atom is -0.444 e. The van der Waals surface area contributed by atoms with E-state index in [1.807, 2.05) is 36.4 Å². The summed E-state index contributed by atoms with van der Waals surface area (Å²) in [7, 11) is 0. The Morgan fingerprint density at radius 3 is 2.88 bits per heavy atom. The van der Waals surface area contributed by atoms with Crippen molar-refractivity contribution in [3.05, 3.63) is 48.2 Å². The third kappa shape index (κ3) is 1.85. The number of ether oxygens (including phenoxy) is 1. The molecule has 1 aromatic carbocycles. The molecule has 1 aliphatic rings. The molecule has 84 valence electrons. The molecule has 0 saturated carbocycles. The molecule has 0 aliphatic carbocycles. The minimum absolute atomic E-state index is 0.281. The van der Waals surface area contributed by atoms with Gasteiger partial charge in [0.25, 0.3) is 0 Å². The molecule has 1 aromatic heterocycles. The molecule has 17 heavy (non-hydrogen) atoms. The maximum absolute atomic E-state index is 11.1. The first-order valence-electron chi connectivity index (χ1n) is 5.31. The zero-order valence-electron chi connectivity index (χ0n) is 9.01. The van der Waals surface area contributed by atoms with Gasteiger partial charge in [0, 0.05) is 17.3 Å². The predicted molar refractivity (Wildman–Crippen MR) is 63.5 cm³/mol. The Balaban J connectivity index is 2.04. The van der Waals surface area contributed by atoms with Crippen LogP contribution < -0.4 is 5.32 Å². The van der Waals surface area contributed by atoms with Crippen LogP contribution in [0.25, 0.3) is 11.3 Å². The van der Waals surface area contributed by atoms with Gasteiger partial charge in [0.05, 0.1) is 11.4 Å². The molecule has 0 radical (unpaired) electrons. The molecule has 0 fully saturated rings. The second-order valence-electron chi connectivity index (χ2n) is 3.79. The van der Waals surface area contributed by atoms with Crippen LogP contribution in [-0.4, -0.2) is 11.1 Å². The normalized spacial score (nSPS) is 13.5. The summed E-state index contributed by atoms with van der Waals surface area (Å²) in [6, 6.07) is 11.7. The lowest BCUT2D eigenvalue weighted by atomic mass is 10.1. The molecule has 4 heteroatoms. The fourth-order valence-electron chi connectivity index (χ4n) is 1.77. The van der Waals surface area contributed by atoms with Gasteiger partial charge in [-0.2, -0.15) is 0 Å². The van der Waals surface area contributed by atoms with Crippen LogP contribution in [0.15, 0.2) is 42.6 Å². The summed E-state index contributed by atoms with van der Waals surface area (Å²) in [6.45, 7) is 0.281. The summed E-state index contributed by atoms with van der Waals surface area (Å²) in [5.74, 6) is 0. The topological polar surface area (TPSA) is 51.2 Å². The van der Waals surface area contributed by atoms with Crippen LogP contribution in [0, 0.1) is 0 Å². The summed E-state index contributed by atoms with van der Waals surface area (Å²) in [4.78, 5) is 15.5. The molecule has 1 amide bonds. The van der Waals surface area contributed by atoms with Crippen molar-refractivity contribution in [3.8, 4) is 11.3 Å². The third-order valence-electron chi connectivity index (χ3n) is 2.65. The highest BCUT2D eigenvalue weighted by molar-refractivity contribution is 5.88. The van der Waals surface area contributed by atoms with Gasteiger partial charge < -0.3 is 4.74 Å². The van der Waals surface area contributed by atoms with E-state index < -0.39 is 6.09 Å². The van der Waals surface area contributed by atoms with Crippen molar-refractivity contribution < 1.29 is 9.53 Å². The van der Waals surface area contributed by atoms with E-state index in [1.54, 1.807) is 6.20 Å². The second kappa shape index (κ2) is 3.90. The fourth-order valence-corrected chi connectivity index (χ4v) is 1.77. The van der Waals surface area contributed by atoms with E-state index in [-0.39, 0.29) is 6.61 Å². The number of nitrogens with one attached hydrogen (secondary N) is 1. The summed E-state index contributed by atoms with van der Waals surface area (Å²) >= 11 is 0. The van der Waals surface area contributed by atoms with Crippen LogP contribution in [0.1, 0.15) is 5.56 Å². The van der Waals surface area contributed by atoms with E-state index in [0.29, 0.717) is 0 Å². The number of pyridine rings is 1. The largest absolute Gasteiger partial charge is 0.444 e. The van der Waals surface area contributed by atoms with Gasteiger partial charge in [0.15, 0.2) is 0 Å². The number of benzene rings is 1. The average molecular weight is 226 g/mol. The van der Waals surface area contributed by atoms with E-state index >= 15 is 0 Å². The first-order chi connectivity index (χ1) is 8.33. The lowest BCUT2D eigenvalue weighted by molar-refractivity contribution is 0.151. The van der Waals surface area contributed by atoms with Gasteiger partial charge in [0.1, 0.15) is 6.61 Å². The Kier molecular flexibility index (Phi) is 2.26. The lowest BCUT2D eigenvalue weighted by Gasteiger charge is -2.17. The first kappa shape index (κ1) is 9.84. The molecule has 0 atom stereocenters. The molecular formula is C13H10N2O2. The van der Waals surface area contributed by atoms with Crippen LogP contribution >= 0.6 is 0 Å². The molecule has 1 N–H and O–H groups in total. The molecule has 4 nitrogen and oxygen atoms in total. The van der Waals surface area contributed by atoms with Gasteiger partial charge >= 0.3 is 6.09 Å². The number of nitrogens with zero attached hydrogens (tertiary/aromatic N) is 1. The van der Waals surface area contributed by atoms with Crippen LogP contribution in [0.4, 0.5) is 10.5 Å². The van der Waals surface area contributed by atoms with E-state index in [2.05, 4.69) is 10.3 Å². The van der Waals surface area contributed by atoms with Crippen LogP contribution in [0.3, 0.4) is 0 Å². The molecule has 2 aromatic rings. The van der Waals surface area contributed by atoms with Gasteiger partial charge in [-0.25, -0.2) is 4.79 Å². The number of fused-ring (bicyclic) bond motifs is 1. The van der Waals surface area contributed by atoms with E-state index in [1.165, 1.54) is 0 Å². The highest BCUT2D eigenvalue weighted by Crippen LogP contribution is 2.26. The Bertz CT molecular complexity index is 567.